The number of anilines is 1. The first-order chi connectivity index (χ1) is 10.2. The summed E-state index contributed by atoms with van der Waals surface area (Å²) in [6.45, 7) is 3.91. The highest BCUT2D eigenvalue weighted by Gasteiger charge is 2.19. The molecule has 0 spiro atoms. The fourth-order valence-corrected chi connectivity index (χ4v) is 2.86. The zero-order valence-corrected chi connectivity index (χ0v) is 12.6. The molecule has 1 amide bonds. The molecule has 1 atom stereocenters. The predicted molar refractivity (Wildman–Crippen MR) is 82.7 cm³/mol. The normalized spacial score (nSPS) is 19.4. The van der Waals surface area contributed by atoms with Gasteiger partial charge >= 0.3 is 0 Å². The molecular weight excluding hydrogens is 269 g/mol. The number of carbonyl (C=O) groups excluding carboxylic acids is 1. The number of nitrogens with zero attached hydrogens (tertiary/aromatic N) is 1. The number of likely N-dealkylation sites (tertiary alicyclic amines) is 1. The van der Waals surface area contributed by atoms with Crippen molar-refractivity contribution in [3.8, 4) is 0 Å². The maximum Gasteiger partial charge on any atom is 0.225 e. The number of carbonyl (C=O) groups is 1. The summed E-state index contributed by atoms with van der Waals surface area (Å²) in [4.78, 5) is 14.2. The SMILES string of the molecule is CNCC1CCCN(CCC(=O)Nc2cccc(F)c2)C1. The first-order valence-corrected chi connectivity index (χ1v) is 7.60. The summed E-state index contributed by atoms with van der Waals surface area (Å²) < 4.78 is 13.0. The molecular formula is C16H24FN3O. The zero-order chi connectivity index (χ0) is 15.1. The van der Waals surface area contributed by atoms with Gasteiger partial charge in [0.1, 0.15) is 5.82 Å². The van der Waals surface area contributed by atoms with Crippen molar-refractivity contribution in [2.24, 2.45) is 5.92 Å². The van der Waals surface area contributed by atoms with E-state index in [0.717, 1.165) is 26.2 Å². The van der Waals surface area contributed by atoms with Gasteiger partial charge in [-0.15, -0.1) is 0 Å². The van der Waals surface area contributed by atoms with Crippen LogP contribution in [0, 0.1) is 11.7 Å². The molecule has 1 fully saturated rings. The Labute approximate surface area is 125 Å². The summed E-state index contributed by atoms with van der Waals surface area (Å²) in [6, 6.07) is 6.00. The Hall–Kier alpha value is -1.46. The Morgan fingerprint density at radius 3 is 3.10 bits per heavy atom. The molecule has 116 valence electrons. The number of benzene rings is 1. The summed E-state index contributed by atoms with van der Waals surface area (Å²) in [5, 5.41) is 5.96. The molecule has 1 aromatic carbocycles. The second-order valence-electron chi connectivity index (χ2n) is 5.68. The Balaban J connectivity index is 1.73. The third-order valence-corrected chi connectivity index (χ3v) is 3.86. The minimum atomic E-state index is -0.335. The molecule has 2 N–H and O–H groups in total. The van der Waals surface area contributed by atoms with Gasteiger partial charge in [-0.25, -0.2) is 4.39 Å². The lowest BCUT2D eigenvalue weighted by Crippen LogP contribution is -2.40. The van der Waals surface area contributed by atoms with E-state index in [9.17, 15) is 9.18 Å². The van der Waals surface area contributed by atoms with Crippen molar-refractivity contribution in [3.05, 3.63) is 30.1 Å². The third kappa shape index (κ3) is 5.44. The van der Waals surface area contributed by atoms with Gasteiger partial charge in [-0.1, -0.05) is 6.07 Å². The van der Waals surface area contributed by atoms with Gasteiger partial charge in [-0.3, -0.25) is 4.79 Å². The third-order valence-electron chi connectivity index (χ3n) is 3.86. The number of amides is 1. The molecule has 0 saturated carbocycles. The molecule has 0 bridgehead atoms. The molecule has 2 rings (SSSR count). The quantitative estimate of drug-likeness (QED) is 0.844. The van der Waals surface area contributed by atoms with Crippen LogP contribution in [0.15, 0.2) is 24.3 Å². The average Bonchev–Trinajstić information content (AvgIpc) is 2.46. The van der Waals surface area contributed by atoms with Crippen LogP contribution in [-0.4, -0.2) is 44.0 Å². The molecule has 1 heterocycles. The van der Waals surface area contributed by atoms with Crippen LogP contribution in [-0.2, 0) is 4.79 Å². The van der Waals surface area contributed by atoms with Crippen LogP contribution in [0.25, 0.3) is 0 Å². The predicted octanol–water partition coefficient (Wildman–Crippen LogP) is 2.09. The molecule has 1 aromatic rings. The van der Waals surface area contributed by atoms with Gasteiger partial charge < -0.3 is 15.5 Å². The lowest BCUT2D eigenvalue weighted by atomic mass is 9.98. The number of hydrogen-bond acceptors (Lipinski definition) is 3. The minimum absolute atomic E-state index is 0.0589. The second-order valence-corrected chi connectivity index (χ2v) is 5.68. The smallest absolute Gasteiger partial charge is 0.225 e. The Kier molecular flexibility index (Phi) is 6.14. The summed E-state index contributed by atoms with van der Waals surface area (Å²) in [7, 11) is 1.98. The highest BCUT2D eigenvalue weighted by Crippen LogP contribution is 2.16. The molecule has 0 radical (unpaired) electrons. The fourth-order valence-electron chi connectivity index (χ4n) is 2.86. The molecule has 1 saturated heterocycles. The van der Waals surface area contributed by atoms with Gasteiger partial charge in [0.25, 0.3) is 0 Å². The molecule has 21 heavy (non-hydrogen) atoms. The van der Waals surface area contributed by atoms with Crippen LogP contribution >= 0.6 is 0 Å². The average molecular weight is 293 g/mol. The lowest BCUT2D eigenvalue weighted by molar-refractivity contribution is -0.116. The second kappa shape index (κ2) is 8.10. The summed E-state index contributed by atoms with van der Waals surface area (Å²) in [6.07, 6.45) is 2.90. The van der Waals surface area contributed by atoms with E-state index in [-0.39, 0.29) is 11.7 Å². The number of rotatable bonds is 6. The van der Waals surface area contributed by atoms with Crippen molar-refractivity contribution < 1.29 is 9.18 Å². The lowest BCUT2D eigenvalue weighted by Gasteiger charge is -2.32. The van der Waals surface area contributed by atoms with Gasteiger partial charge in [0.15, 0.2) is 0 Å². The van der Waals surface area contributed by atoms with Crippen molar-refractivity contribution >= 4 is 11.6 Å². The molecule has 1 aliphatic heterocycles. The Morgan fingerprint density at radius 1 is 1.48 bits per heavy atom. The number of hydrogen-bond donors (Lipinski definition) is 2. The van der Waals surface area contributed by atoms with E-state index >= 15 is 0 Å². The monoisotopic (exact) mass is 293 g/mol. The Morgan fingerprint density at radius 2 is 2.33 bits per heavy atom. The molecule has 0 aliphatic carbocycles. The molecule has 0 aromatic heterocycles. The Bertz CT molecular complexity index is 465. The van der Waals surface area contributed by atoms with Crippen LogP contribution in [0.5, 0.6) is 0 Å². The maximum absolute atomic E-state index is 13.0. The van der Waals surface area contributed by atoms with E-state index in [1.165, 1.54) is 25.0 Å². The molecule has 1 unspecified atom stereocenters. The van der Waals surface area contributed by atoms with Crippen molar-refractivity contribution in [2.45, 2.75) is 19.3 Å². The van der Waals surface area contributed by atoms with E-state index in [1.807, 2.05) is 7.05 Å². The maximum atomic E-state index is 13.0. The summed E-state index contributed by atoms with van der Waals surface area (Å²) >= 11 is 0. The van der Waals surface area contributed by atoms with Crippen LogP contribution < -0.4 is 10.6 Å². The van der Waals surface area contributed by atoms with E-state index < -0.39 is 0 Å². The first kappa shape index (κ1) is 15.9. The van der Waals surface area contributed by atoms with Gasteiger partial charge in [0.05, 0.1) is 0 Å². The van der Waals surface area contributed by atoms with Crippen molar-refractivity contribution in [3.63, 3.8) is 0 Å². The van der Waals surface area contributed by atoms with Crippen LogP contribution in [0.4, 0.5) is 10.1 Å². The van der Waals surface area contributed by atoms with Crippen LogP contribution in [0.1, 0.15) is 19.3 Å². The molecule has 1 aliphatic rings. The van der Waals surface area contributed by atoms with E-state index in [2.05, 4.69) is 15.5 Å². The van der Waals surface area contributed by atoms with Gasteiger partial charge in [0, 0.05) is 25.2 Å². The van der Waals surface area contributed by atoms with E-state index in [4.69, 9.17) is 0 Å². The van der Waals surface area contributed by atoms with Crippen LogP contribution in [0.2, 0.25) is 0 Å². The standard InChI is InChI=1S/C16H24FN3O/c1-18-11-13-4-3-8-20(12-13)9-7-16(21)19-15-6-2-5-14(17)10-15/h2,5-6,10,13,18H,3-4,7-9,11-12H2,1H3,(H,19,21). The van der Waals surface area contributed by atoms with Gasteiger partial charge in [0.2, 0.25) is 5.91 Å². The summed E-state index contributed by atoms with van der Waals surface area (Å²) in [5.41, 5.74) is 0.520. The minimum Gasteiger partial charge on any atom is -0.326 e. The van der Waals surface area contributed by atoms with Gasteiger partial charge in [-0.2, -0.15) is 0 Å². The summed E-state index contributed by atoms with van der Waals surface area (Å²) in [5.74, 6) is 0.283. The molecule has 5 heteroatoms. The molecule has 4 nitrogen and oxygen atoms in total. The highest BCUT2D eigenvalue weighted by atomic mass is 19.1. The fraction of sp³-hybridized carbons (Fsp3) is 0.562. The van der Waals surface area contributed by atoms with Crippen molar-refractivity contribution in [1.29, 1.82) is 0 Å². The number of piperidine rings is 1. The topological polar surface area (TPSA) is 44.4 Å². The van der Waals surface area contributed by atoms with Gasteiger partial charge in [-0.05, 0) is 57.1 Å². The van der Waals surface area contributed by atoms with Crippen molar-refractivity contribution in [2.75, 3.05) is 38.5 Å². The zero-order valence-electron chi connectivity index (χ0n) is 12.6. The number of halogens is 1. The number of nitrogens with one attached hydrogen (secondary N) is 2. The largest absolute Gasteiger partial charge is 0.326 e. The van der Waals surface area contributed by atoms with Crippen LogP contribution in [0.3, 0.4) is 0 Å². The van der Waals surface area contributed by atoms with E-state index in [0.29, 0.717) is 18.0 Å². The first-order valence-electron chi connectivity index (χ1n) is 7.60. The van der Waals surface area contributed by atoms with Crippen molar-refractivity contribution in [1.82, 2.24) is 10.2 Å². The van der Waals surface area contributed by atoms with E-state index in [1.54, 1.807) is 12.1 Å². The highest BCUT2D eigenvalue weighted by molar-refractivity contribution is 5.90.